The highest BCUT2D eigenvalue weighted by Crippen LogP contribution is 2.24. The molecule has 222 valence electrons. The van der Waals surface area contributed by atoms with E-state index >= 15 is 0 Å². The van der Waals surface area contributed by atoms with E-state index in [0.29, 0.717) is 16.3 Å². The van der Waals surface area contributed by atoms with Crippen molar-refractivity contribution in [3.63, 3.8) is 0 Å². The van der Waals surface area contributed by atoms with Crippen LogP contribution in [0.4, 0.5) is 18.0 Å². The standard InChI is InChI=1S/C31H29F3N6O2S/c1-4-5-23-9-6-20(2)16-27(23)40-21(3)18-43-30(40)37-29(41)35-17-22-7-10-24(11-8-22)28-36-19-39(38-28)25-12-14-26(15-13-25)42-31(32,33)34/h6-16,18-19H,4-5,17H2,1-3H3,(H,35,41)/b37-30-. The fourth-order valence-electron chi connectivity index (χ4n) is 4.52. The van der Waals surface area contributed by atoms with E-state index < -0.39 is 12.4 Å². The van der Waals surface area contributed by atoms with Gasteiger partial charge < -0.3 is 10.1 Å². The summed E-state index contributed by atoms with van der Waals surface area (Å²) in [5, 5.41) is 9.28. The summed E-state index contributed by atoms with van der Waals surface area (Å²) in [5.41, 5.74) is 6.55. The summed E-state index contributed by atoms with van der Waals surface area (Å²) in [5.74, 6) is 0.126. The molecule has 0 aliphatic carbocycles. The molecule has 0 fully saturated rings. The molecule has 12 heteroatoms. The van der Waals surface area contributed by atoms with Crippen LogP contribution >= 0.6 is 11.3 Å². The number of carbonyl (C=O) groups is 1. The first-order chi connectivity index (χ1) is 20.6. The minimum atomic E-state index is -4.75. The number of halogens is 3. The molecule has 5 aromatic rings. The van der Waals surface area contributed by atoms with E-state index in [1.54, 1.807) is 0 Å². The lowest BCUT2D eigenvalue weighted by Gasteiger charge is -2.13. The van der Waals surface area contributed by atoms with Gasteiger partial charge in [0.15, 0.2) is 10.6 Å². The second kappa shape index (κ2) is 12.7. The van der Waals surface area contributed by atoms with Gasteiger partial charge in [0.1, 0.15) is 12.1 Å². The van der Waals surface area contributed by atoms with Crippen molar-refractivity contribution in [3.05, 3.63) is 106 Å². The van der Waals surface area contributed by atoms with Gasteiger partial charge in [-0.1, -0.05) is 49.7 Å². The first-order valence-corrected chi connectivity index (χ1v) is 14.4. The van der Waals surface area contributed by atoms with Gasteiger partial charge in [-0.15, -0.1) is 29.6 Å². The van der Waals surface area contributed by atoms with Crippen LogP contribution in [0.5, 0.6) is 5.75 Å². The topological polar surface area (TPSA) is 86.3 Å². The van der Waals surface area contributed by atoms with Crippen molar-refractivity contribution in [2.24, 2.45) is 4.99 Å². The number of nitrogens with zero attached hydrogens (tertiary/aromatic N) is 5. The van der Waals surface area contributed by atoms with Gasteiger partial charge in [-0.2, -0.15) is 4.99 Å². The second-order valence-electron chi connectivity index (χ2n) is 9.90. The zero-order chi connectivity index (χ0) is 30.6. The van der Waals surface area contributed by atoms with Gasteiger partial charge in [-0.3, -0.25) is 4.57 Å². The van der Waals surface area contributed by atoms with Crippen LogP contribution in [0.1, 0.15) is 35.7 Å². The van der Waals surface area contributed by atoms with Gasteiger partial charge in [0.25, 0.3) is 0 Å². The predicted octanol–water partition coefficient (Wildman–Crippen LogP) is 7.06. The minimum absolute atomic E-state index is 0.284. The van der Waals surface area contributed by atoms with E-state index in [4.69, 9.17) is 0 Å². The SMILES string of the molecule is CCCc1ccc(C)cc1-n1c(C)cs/c1=N\C(=O)NCc1ccc(-c2ncn(-c3ccc(OC(F)(F)F)cc3)n2)cc1. The molecule has 0 spiro atoms. The number of thiazole rings is 1. The lowest BCUT2D eigenvalue weighted by molar-refractivity contribution is -0.274. The average Bonchev–Trinajstić information content (AvgIpc) is 3.60. The number of hydrogen-bond acceptors (Lipinski definition) is 5. The highest BCUT2D eigenvalue weighted by atomic mass is 32.1. The summed E-state index contributed by atoms with van der Waals surface area (Å²) in [6, 6.07) is 18.7. The van der Waals surface area contributed by atoms with E-state index in [2.05, 4.69) is 57.2 Å². The summed E-state index contributed by atoms with van der Waals surface area (Å²) in [4.78, 5) is 22.1. The number of alkyl halides is 3. The third-order valence-electron chi connectivity index (χ3n) is 6.56. The first kappa shape index (κ1) is 29.8. The summed E-state index contributed by atoms with van der Waals surface area (Å²) in [6.45, 7) is 6.49. The third-order valence-corrected chi connectivity index (χ3v) is 7.50. The van der Waals surface area contributed by atoms with Crippen LogP contribution in [-0.4, -0.2) is 31.7 Å². The molecular formula is C31H29F3N6O2S. The number of aryl methyl sites for hydroxylation is 3. The summed E-state index contributed by atoms with van der Waals surface area (Å²) in [7, 11) is 0. The van der Waals surface area contributed by atoms with E-state index in [9.17, 15) is 18.0 Å². The number of benzene rings is 3. The molecule has 0 unspecified atom stereocenters. The number of ether oxygens (including phenoxy) is 1. The number of rotatable bonds is 8. The minimum Gasteiger partial charge on any atom is -0.406 e. The highest BCUT2D eigenvalue weighted by Gasteiger charge is 2.31. The Morgan fingerprint density at radius 1 is 1.05 bits per heavy atom. The van der Waals surface area contributed by atoms with Crippen molar-refractivity contribution >= 4 is 17.4 Å². The Morgan fingerprint density at radius 3 is 2.49 bits per heavy atom. The van der Waals surface area contributed by atoms with Gasteiger partial charge in [0, 0.05) is 23.2 Å². The Bertz CT molecular complexity index is 1790. The molecule has 2 aromatic heterocycles. The van der Waals surface area contributed by atoms with Crippen LogP contribution in [-0.2, 0) is 13.0 Å². The number of aromatic nitrogens is 4. The van der Waals surface area contributed by atoms with Gasteiger partial charge in [0.05, 0.1) is 11.4 Å². The van der Waals surface area contributed by atoms with Gasteiger partial charge >= 0.3 is 12.4 Å². The maximum atomic E-state index is 12.8. The molecule has 0 bridgehead atoms. The number of hydrogen-bond donors (Lipinski definition) is 1. The summed E-state index contributed by atoms with van der Waals surface area (Å²) < 4.78 is 44.6. The fourth-order valence-corrected chi connectivity index (χ4v) is 5.39. The van der Waals surface area contributed by atoms with Crippen molar-refractivity contribution in [3.8, 4) is 28.5 Å². The maximum absolute atomic E-state index is 12.8. The molecule has 8 nitrogen and oxygen atoms in total. The molecule has 2 heterocycles. The van der Waals surface area contributed by atoms with Crippen LogP contribution in [0.2, 0.25) is 0 Å². The van der Waals surface area contributed by atoms with Crippen LogP contribution in [0, 0.1) is 13.8 Å². The monoisotopic (exact) mass is 606 g/mol. The van der Waals surface area contributed by atoms with Gasteiger partial charge in [-0.25, -0.2) is 14.5 Å². The second-order valence-corrected chi connectivity index (χ2v) is 10.7. The van der Waals surface area contributed by atoms with Gasteiger partial charge in [0.2, 0.25) is 0 Å². The molecule has 2 amide bonds. The molecular weight excluding hydrogens is 577 g/mol. The zero-order valence-electron chi connectivity index (χ0n) is 23.7. The average molecular weight is 607 g/mol. The highest BCUT2D eigenvalue weighted by molar-refractivity contribution is 7.07. The predicted molar refractivity (Wildman–Crippen MR) is 158 cm³/mol. The summed E-state index contributed by atoms with van der Waals surface area (Å²) >= 11 is 1.42. The molecule has 0 saturated carbocycles. The fraction of sp³-hybridized carbons (Fsp3) is 0.226. The van der Waals surface area contributed by atoms with Crippen LogP contribution < -0.4 is 14.9 Å². The van der Waals surface area contributed by atoms with Crippen LogP contribution in [0.3, 0.4) is 0 Å². The Morgan fingerprint density at radius 2 is 1.79 bits per heavy atom. The largest absolute Gasteiger partial charge is 0.573 e. The smallest absolute Gasteiger partial charge is 0.406 e. The van der Waals surface area contributed by atoms with E-state index in [0.717, 1.165) is 40.9 Å². The molecule has 0 atom stereocenters. The van der Waals surface area contributed by atoms with Gasteiger partial charge in [-0.05, 0) is 67.3 Å². The molecule has 0 radical (unpaired) electrons. The lowest BCUT2D eigenvalue weighted by Crippen LogP contribution is -2.24. The number of urea groups is 1. The van der Waals surface area contributed by atoms with Crippen molar-refractivity contribution in [2.75, 3.05) is 0 Å². The van der Waals surface area contributed by atoms with E-state index in [-0.39, 0.29) is 12.3 Å². The number of amides is 2. The molecule has 5 rings (SSSR count). The molecule has 0 aliphatic rings. The quantitative estimate of drug-likeness (QED) is 0.205. The Kier molecular flexibility index (Phi) is 8.76. The molecule has 0 saturated heterocycles. The lowest BCUT2D eigenvalue weighted by atomic mass is 10.1. The van der Waals surface area contributed by atoms with Crippen molar-refractivity contribution < 1.29 is 22.7 Å². The number of carbonyl (C=O) groups excluding carboxylic acids is 1. The van der Waals surface area contributed by atoms with Crippen LogP contribution in [0.25, 0.3) is 22.8 Å². The van der Waals surface area contributed by atoms with E-state index in [1.165, 1.54) is 52.2 Å². The van der Waals surface area contributed by atoms with Crippen molar-refractivity contribution in [1.82, 2.24) is 24.6 Å². The van der Waals surface area contributed by atoms with Crippen molar-refractivity contribution in [2.45, 2.75) is 46.5 Å². The Hall–Kier alpha value is -4.71. The summed E-state index contributed by atoms with van der Waals surface area (Å²) in [6.07, 6.45) is -1.33. The van der Waals surface area contributed by atoms with Crippen molar-refractivity contribution in [1.29, 1.82) is 0 Å². The Labute approximate surface area is 250 Å². The van der Waals surface area contributed by atoms with E-state index in [1.807, 2.05) is 41.1 Å². The number of nitrogens with one attached hydrogen (secondary N) is 1. The van der Waals surface area contributed by atoms with Crippen LogP contribution in [0.15, 0.2) is 83.4 Å². The molecule has 3 aromatic carbocycles. The maximum Gasteiger partial charge on any atom is 0.573 e. The normalized spacial score (nSPS) is 12.0. The first-order valence-electron chi connectivity index (χ1n) is 13.6. The molecule has 43 heavy (non-hydrogen) atoms. The molecule has 1 N–H and O–H groups in total. The zero-order valence-corrected chi connectivity index (χ0v) is 24.5. The Balaban J connectivity index is 1.25. The third kappa shape index (κ3) is 7.39. The molecule has 0 aliphatic heterocycles.